The molecule has 0 radical (unpaired) electrons. The van der Waals surface area contributed by atoms with Gasteiger partial charge in [0, 0.05) is 36.1 Å². The minimum atomic E-state index is 0.402. The van der Waals surface area contributed by atoms with Gasteiger partial charge in [0.15, 0.2) is 0 Å². The number of hydrogen-bond donors (Lipinski definition) is 1. The third kappa shape index (κ3) is 3.95. The Morgan fingerprint density at radius 1 is 1.15 bits per heavy atom. The van der Waals surface area contributed by atoms with Gasteiger partial charge in [0.25, 0.3) is 0 Å². The van der Waals surface area contributed by atoms with Gasteiger partial charge >= 0.3 is 0 Å². The van der Waals surface area contributed by atoms with Gasteiger partial charge in [0.1, 0.15) is 5.75 Å². The number of rotatable bonds is 5. The van der Waals surface area contributed by atoms with Crippen LogP contribution >= 0.6 is 0 Å². The van der Waals surface area contributed by atoms with Crippen LogP contribution in [0.15, 0.2) is 12.3 Å². The summed E-state index contributed by atoms with van der Waals surface area (Å²) >= 11 is 0. The van der Waals surface area contributed by atoms with Crippen molar-refractivity contribution in [3.63, 3.8) is 0 Å². The molecule has 0 aliphatic heterocycles. The van der Waals surface area contributed by atoms with E-state index in [2.05, 4.69) is 16.4 Å². The van der Waals surface area contributed by atoms with E-state index in [1.54, 1.807) is 0 Å². The van der Waals surface area contributed by atoms with Crippen LogP contribution in [0, 0.1) is 6.92 Å². The molecule has 3 nitrogen and oxygen atoms in total. The first-order chi connectivity index (χ1) is 9.81. The van der Waals surface area contributed by atoms with Gasteiger partial charge in [-0.1, -0.05) is 12.8 Å². The zero-order chi connectivity index (χ0) is 13.8. The molecule has 2 fully saturated rings. The number of pyridine rings is 1. The first kappa shape index (κ1) is 13.9. The fourth-order valence-electron chi connectivity index (χ4n) is 2.89. The molecule has 3 rings (SSSR count). The summed E-state index contributed by atoms with van der Waals surface area (Å²) in [6.45, 7) is 2.93. The minimum absolute atomic E-state index is 0.402. The maximum atomic E-state index is 6.32. The third-order valence-electron chi connectivity index (χ3n) is 4.33. The average molecular weight is 274 g/mol. The lowest BCUT2D eigenvalue weighted by molar-refractivity contribution is 0.181. The number of nitrogens with one attached hydrogen (secondary N) is 1. The second-order valence-corrected chi connectivity index (χ2v) is 6.32. The Balaban J connectivity index is 1.66. The molecule has 2 aliphatic rings. The van der Waals surface area contributed by atoms with E-state index in [4.69, 9.17) is 4.74 Å². The van der Waals surface area contributed by atoms with E-state index in [0.29, 0.717) is 6.10 Å². The van der Waals surface area contributed by atoms with E-state index in [1.807, 2.05) is 13.1 Å². The van der Waals surface area contributed by atoms with Crippen molar-refractivity contribution in [1.82, 2.24) is 10.3 Å². The van der Waals surface area contributed by atoms with Crippen molar-refractivity contribution in [2.45, 2.75) is 77.0 Å². The number of aryl methyl sites for hydroxylation is 1. The highest BCUT2D eigenvalue weighted by Crippen LogP contribution is 2.27. The van der Waals surface area contributed by atoms with Crippen LogP contribution in [0.1, 0.15) is 62.6 Å². The molecule has 1 N–H and O–H groups in total. The average Bonchev–Trinajstić information content (AvgIpc) is 3.25. The lowest BCUT2D eigenvalue weighted by Crippen LogP contribution is -2.19. The zero-order valence-corrected chi connectivity index (χ0v) is 12.5. The van der Waals surface area contributed by atoms with Crippen LogP contribution in [-0.4, -0.2) is 17.1 Å². The molecule has 0 atom stereocenters. The van der Waals surface area contributed by atoms with Crippen molar-refractivity contribution in [2.24, 2.45) is 0 Å². The Bertz CT molecular complexity index is 435. The number of nitrogens with zero attached hydrogens (tertiary/aromatic N) is 1. The predicted octanol–water partition coefficient (Wildman–Crippen LogP) is 3.74. The highest BCUT2D eigenvalue weighted by molar-refractivity contribution is 5.33. The largest absolute Gasteiger partial charge is 0.490 e. The molecule has 2 aliphatic carbocycles. The van der Waals surface area contributed by atoms with Gasteiger partial charge in [-0.05, 0) is 45.4 Å². The molecule has 1 heterocycles. The summed E-state index contributed by atoms with van der Waals surface area (Å²) in [5.41, 5.74) is 2.26. The van der Waals surface area contributed by atoms with E-state index in [0.717, 1.165) is 24.0 Å². The lowest BCUT2D eigenvalue weighted by atomic mass is 10.1. The molecule has 110 valence electrons. The number of ether oxygens (including phenoxy) is 1. The van der Waals surface area contributed by atoms with Gasteiger partial charge in [-0.15, -0.1) is 0 Å². The molecule has 1 aromatic rings. The molecule has 0 amide bonds. The predicted molar refractivity (Wildman–Crippen MR) is 81.0 cm³/mol. The summed E-state index contributed by atoms with van der Waals surface area (Å²) in [6.07, 6.45) is 12.8. The van der Waals surface area contributed by atoms with E-state index < -0.39 is 0 Å². The molecule has 20 heavy (non-hydrogen) atoms. The number of aromatic nitrogens is 1. The van der Waals surface area contributed by atoms with E-state index >= 15 is 0 Å². The van der Waals surface area contributed by atoms with Gasteiger partial charge in [-0.3, -0.25) is 4.98 Å². The minimum Gasteiger partial charge on any atom is -0.490 e. The molecular weight excluding hydrogens is 248 g/mol. The normalized spacial score (nSPS) is 20.6. The lowest BCUT2D eigenvalue weighted by Gasteiger charge is -2.20. The van der Waals surface area contributed by atoms with Crippen LogP contribution < -0.4 is 10.1 Å². The standard InChI is InChI=1S/C17H26N2O/c1-13-10-17(20-16-6-4-2-3-5-7-16)14(11-18-13)12-19-15-8-9-15/h10-11,15-16,19H,2-9,12H2,1H3. The first-order valence-corrected chi connectivity index (χ1v) is 8.17. The summed E-state index contributed by atoms with van der Waals surface area (Å²) in [6, 6.07) is 2.83. The molecule has 0 saturated heterocycles. The van der Waals surface area contributed by atoms with Gasteiger partial charge in [0.05, 0.1) is 6.10 Å². The first-order valence-electron chi connectivity index (χ1n) is 8.17. The zero-order valence-electron chi connectivity index (χ0n) is 12.5. The van der Waals surface area contributed by atoms with Crippen molar-refractivity contribution >= 4 is 0 Å². The van der Waals surface area contributed by atoms with Gasteiger partial charge in [-0.25, -0.2) is 0 Å². The molecule has 1 aromatic heterocycles. The summed E-state index contributed by atoms with van der Waals surface area (Å²) in [4.78, 5) is 4.43. The molecular formula is C17H26N2O. The van der Waals surface area contributed by atoms with Crippen LogP contribution in [-0.2, 0) is 6.54 Å². The molecule has 0 bridgehead atoms. The summed E-state index contributed by atoms with van der Waals surface area (Å²) in [5, 5.41) is 3.56. The Morgan fingerprint density at radius 2 is 1.90 bits per heavy atom. The van der Waals surface area contributed by atoms with Crippen LogP contribution in [0.2, 0.25) is 0 Å². The molecule has 0 unspecified atom stereocenters. The highest BCUT2D eigenvalue weighted by Gasteiger charge is 2.21. The number of hydrogen-bond acceptors (Lipinski definition) is 3. The van der Waals surface area contributed by atoms with Gasteiger partial charge in [-0.2, -0.15) is 0 Å². The summed E-state index contributed by atoms with van der Waals surface area (Å²) in [5.74, 6) is 1.05. The van der Waals surface area contributed by atoms with Crippen LogP contribution in [0.25, 0.3) is 0 Å². The Labute approximate surface area is 122 Å². The highest BCUT2D eigenvalue weighted by atomic mass is 16.5. The van der Waals surface area contributed by atoms with Gasteiger partial charge < -0.3 is 10.1 Å². The van der Waals surface area contributed by atoms with E-state index in [9.17, 15) is 0 Å². The Morgan fingerprint density at radius 3 is 2.60 bits per heavy atom. The van der Waals surface area contributed by atoms with Crippen molar-refractivity contribution in [2.75, 3.05) is 0 Å². The van der Waals surface area contributed by atoms with Crippen molar-refractivity contribution in [3.8, 4) is 5.75 Å². The van der Waals surface area contributed by atoms with Crippen molar-refractivity contribution < 1.29 is 4.74 Å². The smallest absolute Gasteiger partial charge is 0.127 e. The molecule has 3 heteroatoms. The quantitative estimate of drug-likeness (QED) is 0.830. The topological polar surface area (TPSA) is 34.1 Å². The maximum absolute atomic E-state index is 6.32. The molecule has 0 aromatic carbocycles. The van der Waals surface area contributed by atoms with Gasteiger partial charge in [0.2, 0.25) is 0 Å². The summed E-state index contributed by atoms with van der Waals surface area (Å²) in [7, 11) is 0. The van der Waals surface area contributed by atoms with E-state index in [1.165, 1.54) is 56.9 Å². The van der Waals surface area contributed by atoms with Crippen molar-refractivity contribution in [1.29, 1.82) is 0 Å². The van der Waals surface area contributed by atoms with Crippen LogP contribution in [0.4, 0.5) is 0 Å². The monoisotopic (exact) mass is 274 g/mol. The Hall–Kier alpha value is -1.09. The summed E-state index contributed by atoms with van der Waals surface area (Å²) < 4.78 is 6.32. The maximum Gasteiger partial charge on any atom is 0.127 e. The fourth-order valence-corrected chi connectivity index (χ4v) is 2.89. The second kappa shape index (κ2) is 6.57. The van der Waals surface area contributed by atoms with Crippen molar-refractivity contribution in [3.05, 3.63) is 23.5 Å². The fraction of sp³-hybridized carbons (Fsp3) is 0.706. The Kier molecular flexibility index (Phi) is 4.56. The molecule has 0 spiro atoms. The van der Waals surface area contributed by atoms with Crippen LogP contribution in [0.3, 0.4) is 0 Å². The SMILES string of the molecule is Cc1cc(OC2CCCCCC2)c(CNC2CC2)cn1. The molecule has 2 saturated carbocycles. The van der Waals surface area contributed by atoms with Crippen LogP contribution in [0.5, 0.6) is 5.75 Å². The van der Waals surface area contributed by atoms with E-state index in [-0.39, 0.29) is 0 Å². The second-order valence-electron chi connectivity index (χ2n) is 6.32. The third-order valence-corrected chi connectivity index (χ3v) is 4.33.